The van der Waals surface area contributed by atoms with Crippen LogP contribution in [0.3, 0.4) is 0 Å². The highest BCUT2D eigenvalue weighted by Crippen LogP contribution is 2.35. The molecule has 4 heteroatoms. The summed E-state index contributed by atoms with van der Waals surface area (Å²) in [6.45, 7) is 10.3. The number of hydrogen-bond donors (Lipinski definition) is 0. The Morgan fingerprint density at radius 1 is 1.24 bits per heavy atom. The van der Waals surface area contributed by atoms with E-state index in [-0.39, 0.29) is 0 Å². The van der Waals surface area contributed by atoms with Gasteiger partial charge in [0.25, 0.3) is 0 Å². The van der Waals surface area contributed by atoms with Gasteiger partial charge in [-0.05, 0) is 31.7 Å². The molecule has 0 radical (unpaired) electrons. The van der Waals surface area contributed by atoms with Gasteiger partial charge in [0, 0.05) is 37.7 Å². The third-order valence-electron chi connectivity index (χ3n) is 4.67. The molecule has 0 spiro atoms. The summed E-state index contributed by atoms with van der Waals surface area (Å²) in [6, 6.07) is 0.635. The molecule has 1 saturated heterocycles. The topological polar surface area (TPSA) is 32.3 Å². The molecule has 2 aliphatic heterocycles. The van der Waals surface area contributed by atoms with E-state index in [0.717, 1.165) is 26.1 Å². The fourth-order valence-electron chi connectivity index (χ4n) is 3.74. The number of likely N-dealkylation sites (N-methyl/N-ethyl adjacent to an activating group) is 1. The van der Waals surface area contributed by atoms with Crippen molar-refractivity contribution in [2.45, 2.75) is 59.0 Å². The Kier molecular flexibility index (Phi) is 3.91. The fourth-order valence-corrected chi connectivity index (χ4v) is 3.74. The Balaban J connectivity index is 1.89. The standard InChI is InChI=1S/C17H28N4/c1-17(2,3)10-13-6-5-8-21(13)16-14-11-20(4)9-7-15(14)18-12-19-16/h12-13H,5-11H2,1-4H3/t13-/m1/s1. The second-order valence-electron chi connectivity index (χ2n) is 7.86. The van der Waals surface area contributed by atoms with Gasteiger partial charge in [0.1, 0.15) is 12.1 Å². The molecule has 0 aliphatic carbocycles. The molecule has 0 unspecified atom stereocenters. The molecule has 2 aliphatic rings. The number of nitrogens with zero attached hydrogens (tertiary/aromatic N) is 4. The van der Waals surface area contributed by atoms with E-state index >= 15 is 0 Å². The molecule has 0 aromatic carbocycles. The zero-order valence-electron chi connectivity index (χ0n) is 13.9. The summed E-state index contributed by atoms with van der Waals surface area (Å²) < 4.78 is 0. The van der Waals surface area contributed by atoms with Gasteiger partial charge < -0.3 is 9.80 Å². The maximum atomic E-state index is 4.68. The number of aromatic nitrogens is 2. The molecular weight excluding hydrogens is 260 g/mol. The van der Waals surface area contributed by atoms with Crippen LogP contribution >= 0.6 is 0 Å². The smallest absolute Gasteiger partial charge is 0.137 e. The summed E-state index contributed by atoms with van der Waals surface area (Å²) in [5.41, 5.74) is 3.00. The third-order valence-corrected chi connectivity index (χ3v) is 4.67. The first-order valence-corrected chi connectivity index (χ1v) is 8.22. The molecular formula is C17H28N4. The number of rotatable bonds is 2. The lowest BCUT2D eigenvalue weighted by atomic mass is 9.87. The van der Waals surface area contributed by atoms with Crippen LogP contribution in [-0.4, -0.2) is 41.0 Å². The van der Waals surface area contributed by atoms with Crippen LogP contribution in [0.25, 0.3) is 0 Å². The molecule has 0 bridgehead atoms. The van der Waals surface area contributed by atoms with Crippen molar-refractivity contribution in [1.82, 2.24) is 14.9 Å². The predicted octanol–water partition coefficient (Wildman–Crippen LogP) is 2.87. The van der Waals surface area contributed by atoms with Crippen LogP contribution in [0.1, 0.15) is 51.3 Å². The molecule has 1 aromatic heterocycles. The normalized spacial score (nSPS) is 23.4. The maximum Gasteiger partial charge on any atom is 0.137 e. The summed E-state index contributed by atoms with van der Waals surface area (Å²) in [5.74, 6) is 1.21. The summed E-state index contributed by atoms with van der Waals surface area (Å²) in [7, 11) is 2.19. The minimum Gasteiger partial charge on any atom is -0.353 e. The van der Waals surface area contributed by atoms with Crippen LogP contribution in [0.15, 0.2) is 6.33 Å². The lowest BCUT2D eigenvalue weighted by Gasteiger charge is -2.34. The Hall–Kier alpha value is -1.16. The highest BCUT2D eigenvalue weighted by molar-refractivity contribution is 5.51. The van der Waals surface area contributed by atoms with Crippen LogP contribution < -0.4 is 4.90 Å². The Morgan fingerprint density at radius 3 is 2.81 bits per heavy atom. The molecule has 3 heterocycles. The molecule has 116 valence electrons. The predicted molar refractivity (Wildman–Crippen MR) is 86.5 cm³/mol. The van der Waals surface area contributed by atoms with E-state index in [1.54, 1.807) is 6.33 Å². The average molecular weight is 288 g/mol. The third kappa shape index (κ3) is 3.20. The van der Waals surface area contributed by atoms with Crippen LogP contribution in [0.2, 0.25) is 0 Å². The Labute approximate surface area is 128 Å². The van der Waals surface area contributed by atoms with Crippen LogP contribution in [0.5, 0.6) is 0 Å². The average Bonchev–Trinajstić information content (AvgIpc) is 2.83. The summed E-state index contributed by atoms with van der Waals surface area (Å²) >= 11 is 0. The van der Waals surface area contributed by atoms with Gasteiger partial charge in [0.2, 0.25) is 0 Å². The molecule has 0 saturated carbocycles. The van der Waals surface area contributed by atoms with Gasteiger partial charge >= 0.3 is 0 Å². The summed E-state index contributed by atoms with van der Waals surface area (Å²) in [4.78, 5) is 14.1. The zero-order chi connectivity index (χ0) is 15.0. The van der Waals surface area contributed by atoms with Crippen molar-refractivity contribution < 1.29 is 0 Å². The van der Waals surface area contributed by atoms with Crippen molar-refractivity contribution >= 4 is 5.82 Å². The van der Waals surface area contributed by atoms with E-state index < -0.39 is 0 Å². The maximum absolute atomic E-state index is 4.68. The summed E-state index contributed by atoms with van der Waals surface area (Å²) in [6.07, 6.45) is 6.65. The first-order valence-electron chi connectivity index (χ1n) is 8.22. The Morgan fingerprint density at radius 2 is 2.05 bits per heavy atom. The molecule has 4 nitrogen and oxygen atoms in total. The largest absolute Gasteiger partial charge is 0.353 e. The van der Waals surface area contributed by atoms with Crippen LogP contribution in [0, 0.1) is 5.41 Å². The van der Waals surface area contributed by atoms with Gasteiger partial charge in [-0.25, -0.2) is 9.97 Å². The molecule has 3 rings (SSSR count). The molecule has 1 atom stereocenters. The lowest BCUT2D eigenvalue weighted by molar-refractivity contribution is 0.307. The summed E-state index contributed by atoms with van der Waals surface area (Å²) in [5, 5.41) is 0. The SMILES string of the molecule is CN1CCc2ncnc(N3CCC[C@@H]3CC(C)(C)C)c2C1. The van der Waals surface area contributed by atoms with Crippen LogP contribution in [0.4, 0.5) is 5.82 Å². The van der Waals surface area contributed by atoms with E-state index in [1.807, 2.05) is 0 Å². The molecule has 21 heavy (non-hydrogen) atoms. The van der Waals surface area contributed by atoms with Crippen molar-refractivity contribution in [2.24, 2.45) is 5.41 Å². The van der Waals surface area contributed by atoms with E-state index in [2.05, 4.69) is 47.6 Å². The van der Waals surface area contributed by atoms with Gasteiger partial charge in [0.05, 0.1) is 5.69 Å². The van der Waals surface area contributed by atoms with E-state index in [9.17, 15) is 0 Å². The van der Waals surface area contributed by atoms with Gasteiger partial charge in [-0.15, -0.1) is 0 Å². The van der Waals surface area contributed by atoms with Crippen LogP contribution in [-0.2, 0) is 13.0 Å². The van der Waals surface area contributed by atoms with Crippen molar-refractivity contribution in [3.05, 3.63) is 17.6 Å². The fraction of sp³-hybridized carbons (Fsp3) is 0.765. The first kappa shape index (κ1) is 14.8. The van der Waals surface area contributed by atoms with Gasteiger partial charge in [-0.2, -0.15) is 0 Å². The molecule has 0 N–H and O–H groups in total. The molecule has 0 amide bonds. The number of hydrogen-bond acceptors (Lipinski definition) is 4. The first-order chi connectivity index (χ1) is 9.94. The Bertz CT molecular complexity index is 506. The van der Waals surface area contributed by atoms with Gasteiger partial charge in [-0.3, -0.25) is 0 Å². The lowest BCUT2D eigenvalue weighted by Crippen LogP contribution is -2.36. The quantitative estimate of drug-likeness (QED) is 0.837. The minimum atomic E-state index is 0.372. The van der Waals surface area contributed by atoms with Crippen molar-refractivity contribution in [3.8, 4) is 0 Å². The number of fused-ring (bicyclic) bond motifs is 1. The van der Waals surface area contributed by atoms with Crippen molar-refractivity contribution in [1.29, 1.82) is 0 Å². The van der Waals surface area contributed by atoms with E-state index in [0.29, 0.717) is 11.5 Å². The van der Waals surface area contributed by atoms with E-state index in [4.69, 9.17) is 0 Å². The van der Waals surface area contributed by atoms with Crippen molar-refractivity contribution in [3.63, 3.8) is 0 Å². The second kappa shape index (κ2) is 5.56. The highest BCUT2D eigenvalue weighted by Gasteiger charge is 2.32. The molecule has 1 aromatic rings. The minimum absolute atomic E-state index is 0.372. The second-order valence-corrected chi connectivity index (χ2v) is 7.86. The van der Waals surface area contributed by atoms with Gasteiger partial charge in [0.15, 0.2) is 0 Å². The van der Waals surface area contributed by atoms with E-state index in [1.165, 1.54) is 36.3 Å². The number of anilines is 1. The molecule has 1 fully saturated rings. The van der Waals surface area contributed by atoms with Crippen molar-refractivity contribution in [2.75, 3.05) is 25.0 Å². The van der Waals surface area contributed by atoms with Gasteiger partial charge in [-0.1, -0.05) is 20.8 Å². The monoisotopic (exact) mass is 288 g/mol. The zero-order valence-corrected chi connectivity index (χ0v) is 13.9. The highest BCUT2D eigenvalue weighted by atomic mass is 15.2.